The van der Waals surface area contributed by atoms with Crippen LogP contribution in [0.2, 0.25) is 0 Å². The predicted octanol–water partition coefficient (Wildman–Crippen LogP) is 2.05. The molecule has 0 aliphatic rings. The van der Waals surface area contributed by atoms with Crippen molar-refractivity contribution in [3.63, 3.8) is 0 Å². The highest BCUT2D eigenvalue weighted by Gasteiger charge is 2.30. The van der Waals surface area contributed by atoms with Crippen LogP contribution in [-0.4, -0.2) is 37.4 Å². The molecule has 0 bridgehead atoms. The number of carboxylic acid groups (broad SMARTS) is 1. The average molecular weight is 297 g/mol. The summed E-state index contributed by atoms with van der Waals surface area (Å²) in [6, 6.07) is 5.24. The lowest BCUT2D eigenvalue weighted by molar-refractivity contribution is -0.143. The maximum Gasteiger partial charge on any atom is 0.323 e. The van der Waals surface area contributed by atoms with E-state index in [0.717, 1.165) is 0 Å². The molecule has 0 spiro atoms. The van der Waals surface area contributed by atoms with Gasteiger partial charge in [0.2, 0.25) is 0 Å². The van der Waals surface area contributed by atoms with Crippen LogP contribution in [0.15, 0.2) is 18.2 Å². The number of ether oxygens (including phenoxy) is 3. The molecule has 0 aromatic heterocycles. The Balaban J connectivity index is 2.54. The van der Waals surface area contributed by atoms with Crippen molar-refractivity contribution in [1.82, 2.24) is 0 Å². The molecule has 0 fully saturated rings. The summed E-state index contributed by atoms with van der Waals surface area (Å²) in [6.07, 6.45) is 1.30. The smallest absolute Gasteiger partial charge is 0.323 e. The minimum Gasteiger partial charge on any atom is -0.496 e. The van der Waals surface area contributed by atoms with Crippen molar-refractivity contribution < 1.29 is 24.1 Å². The Morgan fingerprint density at radius 3 is 2.14 bits per heavy atom. The van der Waals surface area contributed by atoms with Gasteiger partial charge < -0.3 is 25.1 Å². The van der Waals surface area contributed by atoms with E-state index in [1.54, 1.807) is 39.3 Å². The molecule has 6 heteroatoms. The van der Waals surface area contributed by atoms with Gasteiger partial charge in [0.05, 0.1) is 20.8 Å². The number of carbonyl (C=O) groups is 1. The number of aliphatic carboxylic acids is 1. The Labute approximate surface area is 124 Å². The van der Waals surface area contributed by atoms with E-state index >= 15 is 0 Å². The lowest BCUT2D eigenvalue weighted by atomic mass is 9.92. The van der Waals surface area contributed by atoms with Gasteiger partial charge in [0.1, 0.15) is 22.8 Å². The molecule has 3 N–H and O–H groups in total. The second-order valence-electron chi connectivity index (χ2n) is 4.82. The summed E-state index contributed by atoms with van der Waals surface area (Å²) < 4.78 is 15.9. The van der Waals surface area contributed by atoms with Crippen LogP contribution in [0.25, 0.3) is 0 Å². The van der Waals surface area contributed by atoms with Crippen LogP contribution in [0, 0.1) is 0 Å². The highest BCUT2D eigenvalue weighted by Crippen LogP contribution is 2.27. The standard InChI is InChI=1S/C15H23NO5/c1-4-15(16,14(17)18)6-5-7-21-13-9-11(19-2)8-12(10-13)20-3/h8-10H,4-7,16H2,1-3H3,(H,17,18). The molecule has 21 heavy (non-hydrogen) atoms. The molecule has 0 heterocycles. The molecule has 0 radical (unpaired) electrons. The van der Waals surface area contributed by atoms with E-state index in [1.165, 1.54) is 0 Å². The van der Waals surface area contributed by atoms with Crippen molar-refractivity contribution in [3.05, 3.63) is 18.2 Å². The van der Waals surface area contributed by atoms with Crippen molar-refractivity contribution in [1.29, 1.82) is 0 Å². The summed E-state index contributed by atoms with van der Waals surface area (Å²) >= 11 is 0. The summed E-state index contributed by atoms with van der Waals surface area (Å²) in [7, 11) is 3.13. The number of rotatable bonds is 9. The normalized spacial score (nSPS) is 13.3. The van der Waals surface area contributed by atoms with Gasteiger partial charge in [-0.2, -0.15) is 0 Å². The molecule has 1 aromatic rings. The first-order chi connectivity index (χ1) is 9.95. The van der Waals surface area contributed by atoms with Gasteiger partial charge in [0.15, 0.2) is 0 Å². The predicted molar refractivity (Wildman–Crippen MR) is 79.1 cm³/mol. The summed E-state index contributed by atoms with van der Waals surface area (Å²) in [5.41, 5.74) is 4.63. The quantitative estimate of drug-likeness (QED) is 0.678. The Hall–Kier alpha value is -1.95. The van der Waals surface area contributed by atoms with E-state index in [9.17, 15) is 4.79 Å². The van der Waals surface area contributed by atoms with Crippen LogP contribution < -0.4 is 19.9 Å². The van der Waals surface area contributed by atoms with Crippen molar-refractivity contribution in [2.45, 2.75) is 31.7 Å². The van der Waals surface area contributed by atoms with E-state index < -0.39 is 11.5 Å². The molecule has 1 rings (SSSR count). The van der Waals surface area contributed by atoms with E-state index in [-0.39, 0.29) is 0 Å². The molecule has 6 nitrogen and oxygen atoms in total. The molecule has 1 atom stereocenters. The number of methoxy groups -OCH3 is 2. The maximum absolute atomic E-state index is 11.1. The first-order valence-electron chi connectivity index (χ1n) is 6.83. The van der Waals surface area contributed by atoms with Crippen molar-refractivity contribution in [3.8, 4) is 17.2 Å². The van der Waals surface area contributed by atoms with Crippen LogP contribution >= 0.6 is 0 Å². The third-order valence-electron chi connectivity index (χ3n) is 3.42. The highest BCUT2D eigenvalue weighted by atomic mass is 16.5. The van der Waals surface area contributed by atoms with Crippen LogP contribution in [-0.2, 0) is 4.79 Å². The Morgan fingerprint density at radius 2 is 1.71 bits per heavy atom. The summed E-state index contributed by atoms with van der Waals surface area (Å²) in [4.78, 5) is 11.1. The number of hydrogen-bond acceptors (Lipinski definition) is 5. The second kappa shape index (κ2) is 7.73. The van der Waals surface area contributed by atoms with Crippen molar-refractivity contribution >= 4 is 5.97 Å². The molecule has 0 aliphatic carbocycles. The molecular formula is C15H23NO5. The molecular weight excluding hydrogens is 274 g/mol. The summed E-state index contributed by atoms with van der Waals surface area (Å²) in [5, 5.41) is 9.09. The monoisotopic (exact) mass is 297 g/mol. The van der Waals surface area contributed by atoms with Crippen LogP contribution in [0.5, 0.6) is 17.2 Å². The molecule has 0 aliphatic heterocycles. The van der Waals surface area contributed by atoms with Crippen LogP contribution in [0.1, 0.15) is 26.2 Å². The number of nitrogens with two attached hydrogens (primary N) is 1. The van der Waals surface area contributed by atoms with Crippen molar-refractivity contribution in [2.24, 2.45) is 5.73 Å². The van der Waals surface area contributed by atoms with E-state index in [2.05, 4.69) is 0 Å². The average Bonchev–Trinajstić information content (AvgIpc) is 2.50. The van der Waals surface area contributed by atoms with Crippen LogP contribution in [0.4, 0.5) is 0 Å². The fourth-order valence-corrected chi connectivity index (χ4v) is 1.88. The number of hydrogen-bond donors (Lipinski definition) is 2. The first-order valence-corrected chi connectivity index (χ1v) is 6.83. The first kappa shape index (κ1) is 17.1. The lowest BCUT2D eigenvalue weighted by Crippen LogP contribution is -2.47. The summed E-state index contributed by atoms with van der Waals surface area (Å²) in [5.74, 6) is 0.905. The van der Waals surface area contributed by atoms with E-state index in [4.69, 9.17) is 25.1 Å². The zero-order valence-electron chi connectivity index (χ0n) is 12.7. The second-order valence-corrected chi connectivity index (χ2v) is 4.82. The molecule has 0 amide bonds. The summed E-state index contributed by atoms with van der Waals surface area (Å²) in [6.45, 7) is 2.14. The topological polar surface area (TPSA) is 91.0 Å². The van der Waals surface area contributed by atoms with Gasteiger partial charge in [-0.15, -0.1) is 0 Å². The van der Waals surface area contributed by atoms with Crippen molar-refractivity contribution in [2.75, 3.05) is 20.8 Å². The number of carboxylic acids is 1. The largest absolute Gasteiger partial charge is 0.496 e. The SMILES string of the molecule is CCC(N)(CCCOc1cc(OC)cc(OC)c1)C(=O)O. The Bertz CT molecular complexity index is 455. The minimum atomic E-state index is -1.19. The van der Waals surface area contributed by atoms with Gasteiger partial charge in [-0.1, -0.05) is 6.92 Å². The van der Waals surface area contributed by atoms with E-state index in [0.29, 0.717) is 43.1 Å². The minimum absolute atomic E-state index is 0.361. The highest BCUT2D eigenvalue weighted by molar-refractivity contribution is 5.78. The van der Waals surface area contributed by atoms with Gasteiger partial charge in [-0.3, -0.25) is 4.79 Å². The van der Waals surface area contributed by atoms with Gasteiger partial charge in [0.25, 0.3) is 0 Å². The molecule has 1 aromatic carbocycles. The third kappa shape index (κ3) is 4.82. The fraction of sp³-hybridized carbons (Fsp3) is 0.533. The molecule has 0 saturated carbocycles. The van der Waals surface area contributed by atoms with Crippen LogP contribution in [0.3, 0.4) is 0 Å². The lowest BCUT2D eigenvalue weighted by Gasteiger charge is -2.22. The van der Waals surface area contributed by atoms with Gasteiger partial charge >= 0.3 is 5.97 Å². The zero-order chi connectivity index (χ0) is 15.9. The fourth-order valence-electron chi connectivity index (χ4n) is 1.88. The number of benzene rings is 1. The van der Waals surface area contributed by atoms with Gasteiger partial charge in [0, 0.05) is 18.2 Å². The van der Waals surface area contributed by atoms with Gasteiger partial charge in [-0.25, -0.2) is 0 Å². The van der Waals surface area contributed by atoms with Gasteiger partial charge in [-0.05, 0) is 19.3 Å². The maximum atomic E-state index is 11.1. The zero-order valence-corrected chi connectivity index (χ0v) is 12.7. The Kier molecular flexibility index (Phi) is 6.30. The molecule has 118 valence electrons. The van der Waals surface area contributed by atoms with E-state index in [1.807, 2.05) is 0 Å². The third-order valence-corrected chi connectivity index (χ3v) is 3.42. The molecule has 0 saturated heterocycles. The Morgan fingerprint density at radius 1 is 1.19 bits per heavy atom. The molecule has 1 unspecified atom stereocenters.